The first kappa shape index (κ1) is 23.2. The molecule has 64 valence electrons. The average Bonchev–Trinajstić information content (AvgIpc) is 1.89. The third kappa shape index (κ3) is 43.5. The molecule has 0 aromatic heterocycles. The van der Waals surface area contributed by atoms with Gasteiger partial charge in [0, 0.05) is 0 Å². The van der Waals surface area contributed by atoms with Gasteiger partial charge in [0.1, 0.15) is 0 Å². The molecule has 0 amide bonds. The normalized spacial score (nSPS) is 12.5. The molecule has 0 N–H and O–H groups in total. The Labute approximate surface area is 100 Å². The number of hydrogen-bond acceptors (Lipinski definition) is 2. The maximum Gasteiger partial charge on any atom is 1.00 e. The quantitative estimate of drug-likeness (QED) is 0.378. The summed E-state index contributed by atoms with van der Waals surface area (Å²) in [5.74, 6) is 0. The molecule has 0 bridgehead atoms. The molecule has 2 nitrogen and oxygen atoms in total. The van der Waals surface area contributed by atoms with Crippen LogP contribution >= 0.6 is 0 Å². The Bertz CT molecular complexity index is 51.0. The molecule has 0 rings (SSSR count). The van der Waals surface area contributed by atoms with Gasteiger partial charge in [-0.1, -0.05) is 40.5 Å². The zero-order chi connectivity index (χ0) is 8.57. The van der Waals surface area contributed by atoms with Crippen LogP contribution in [-0.4, -0.2) is 12.2 Å². The van der Waals surface area contributed by atoms with Crippen LogP contribution < -0.4 is 47.9 Å². The van der Waals surface area contributed by atoms with Gasteiger partial charge < -0.3 is 10.2 Å². The van der Waals surface area contributed by atoms with Crippen molar-refractivity contribution in [1.29, 1.82) is 0 Å². The van der Waals surface area contributed by atoms with E-state index in [9.17, 15) is 10.2 Å². The van der Waals surface area contributed by atoms with Gasteiger partial charge in [-0.25, -0.2) is 0 Å². The Morgan fingerprint density at radius 2 is 0.917 bits per heavy atom. The molecule has 2 unspecified atom stereocenters. The summed E-state index contributed by atoms with van der Waals surface area (Å²) >= 11 is 0. The molecule has 0 fully saturated rings. The van der Waals surface area contributed by atoms with E-state index in [0.29, 0.717) is 0 Å². The van der Waals surface area contributed by atoms with Crippen molar-refractivity contribution in [3.63, 3.8) is 0 Å². The molecule has 0 aliphatic heterocycles. The molecule has 4 heteroatoms. The fourth-order valence-corrected chi connectivity index (χ4v) is 0. The van der Waals surface area contributed by atoms with E-state index >= 15 is 0 Å². The Balaban J connectivity index is -0.0000000457. The second-order valence-electron chi connectivity index (χ2n) is 2.44. The minimum absolute atomic E-state index is 0. The second-order valence-corrected chi connectivity index (χ2v) is 2.44. The third-order valence-electron chi connectivity index (χ3n) is 1.15. The SMILES string of the molecule is CCC(C)[O-].CCC(C)[O-].[Li+].[Li+]. The molecule has 0 saturated heterocycles. The average molecular weight is 160 g/mol. The van der Waals surface area contributed by atoms with Crippen LogP contribution in [0.4, 0.5) is 0 Å². The first-order valence-electron chi connectivity index (χ1n) is 3.86. The van der Waals surface area contributed by atoms with E-state index in [1.807, 2.05) is 13.8 Å². The maximum atomic E-state index is 9.90. The molecule has 0 radical (unpaired) electrons. The van der Waals surface area contributed by atoms with E-state index in [-0.39, 0.29) is 49.9 Å². The van der Waals surface area contributed by atoms with E-state index in [2.05, 4.69) is 0 Å². The van der Waals surface area contributed by atoms with Gasteiger partial charge in [0.2, 0.25) is 0 Å². The fourth-order valence-electron chi connectivity index (χ4n) is 0. The van der Waals surface area contributed by atoms with Crippen molar-refractivity contribution >= 4 is 0 Å². The molecule has 12 heavy (non-hydrogen) atoms. The fraction of sp³-hybridized carbons (Fsp3) is 1.00. The van der Waals surface area contributed by atoms with Crippen molar-refractivity contribution in [2.45, 2.75) is 52.7 Å². The summed E-state index contributed by atoms with van der Waals surface area (Å²) in [4.78, 5) is 0. The van der Waals surface area contributed by atoms with Gasteiger partial charge in [-0.15, -0.1) is 12.2 Å². The molecule has 0 aliphatic rings. The summed E-state index contributed by atoms with van der Waals surface area (Å²) in [6, 6.07) is 0. The minimum Gasteiger partial charge on any atom is -0.852 e. The molecule has 0 aromatic rings. The van der Waals surface area contributed by atoms with Gasteiger partial charge >= 0.3 is 37.7 Å². The van der Waals surface area contributed by atoms with Crippen molar-refractivity contribution in [3.05, 3.63) is 0 Å². The summed E-state index contributed by atoms with van der Waals surface area (Å²) in [7, 11) is 0. The van der Waals surface area contributed by atoms with Crippen LogP contribution in [0.5, 0.6) is 0 Å². The van der Waals surface area contributed by atoms with Crippen LogP contribution in [-0.2, 0) is 0 Å². The van der Waals surface area contributed by atoms with Crippen molar-refractivity contribution in [3.8, 4) is 0 Å². The molecular formula is C8H18Li2O2. The van der Waals surface area contributed by atoms with E-state index < -0.39 is 0 Å². The largest absolute Gasteiger partial charge is 1.00 e. The van der Waals surface area contributed by atoms with E-state index in [1.165, 1.54) is 0 Å². The molecule has 0 aromatic carbocycles. The topological polar surface area (TPSA) is 46.1 Å². The molecule has 2 atom stereocenters. The Morgan fingerprint density at radius 3 is 0.917 bits per heavy atom. The third-order valence-corrected chi connectivity index (χ3v) is 1.15. The molecular weight excluding hydrogens is 142 g/mol. The van der Waals surface area contributed by atoms with Crippen molar-refractivity contribution in [1.82, 2.24) is 0 Å². The summed E-state index contributed by atoms with van der Waals surface area (Å²) in [6.07, 6.45) is 0.769. The van der Waals surface area contributed by atoms with Gasteiger partial charge in [0.25, 0.3) is 0 Å². The number of hydrogen-bond donors (Lipinski definition) is 0. The summed E-state index contributed by atoms with van der Waals surface area (Å²) < 4.78 is 0. The standard InChI is InChI=1S/2C4H9O.2Li/c2*1-3-4(2)5;;/h2*4H,3H2,1-2H3;;/q2*-1;2*+1. The Hall–Kier alpha value is 1.11. The smallest absolute Gasteiger partial charge is 0.852 e. The first-order valence-corrected chi connectivity index (χ1v) is 3.86. The molecule has 0 heterocycles. The summed E-state index contributed by atoms with van der Waals surface area (Å²) in [5, 5.41) is 19.8. The van der Waals surface area contributed by atoms with Gasteiger partial charge in [0.15, 0.2) is 0 Å². The predicted octanol–water partition coefficient (Wildman–Crippen LogP) is -5.70. The zero-order valence-electron chi connectivity index (χ0n) is 9.39. The second kappa shape index (κ2) is 18.0. The van der Waals surface area contributed by atoms with Crippen LogP contribution in [0, 0.1) is 0 Å². The van der Waals surface area contributed by atoms with Gasteiger partial charge in [0.05, 0.1) is 0 Å². The summed E-state index contributed by atoms with van der Waals surface area (Å²) in [6.45, 7) is 7.11. The maximum absolute atomic E-state index is 9.90. The van der Waals surface area contributed by atoms with Gasteiger partial charge in [-0.2, -0.15) is 0 Å². The Kier molecular flexibility index (Phi) is 34.8. The van der Waals surface area contributed by atoms with E-state index in [0.717, 1.165) is 12.8 Å². The van der Waals surface area contributed by atoms with Crippen molar-refractivity contribution < 1.29 is 47.9 Å². The van der Waals surface area contributed by atoms with E-state index in [1.54, 1.807) is 13.8 Å². The summed E-state index contributed by atoms with van der Waals surface area (Å²) in [5.41, 5.74) is 0. The predicted molar refractivity (Wildman–Crippen MR) is 39.5 cm³/mol. The van der Waals surface area contributed by atoms with Gasteiger partial charge in [-0.3, -0.25) is 0 Å². The van der Waals surface area contributed by atoms with Crippen LogP contribution in [0.2, 0.25) is 0 Å². The molecule has 0 spiro atoms. The van der Waals surface area contributed by atoms with Crippen LogP contribution in [0.15, 0.2) is 0 Å². The Morgan fingerprint density at radius 1 is 0.833 bits per heavy atom. The first-order chi connectivity index (χ1) is 4.54. The van der Waals surface area contributed by atoms with Crippen LogP contribution in [0.3, 0.4) is 0 Å². The van der Waals surface area contributed by atoms with Crippen molar-refractivity contribution in [2.24, 2.45) is 0 Å². The molecule has 0 aliphatic carbocycles. The minimum atomic E-state index is -0.366. The van der Waals surface area contributed by atoms with Crippen LogP contribution in [0.1, 0.15) is 40.5 Å². The monoisotopic (exact) mass is 160 g/mol. The van der Waals surface area contributed by atoms with Crippen LogP contribution in [0.25, 0.3) is 0 Å². The molecule has 0 saturated carbocycles. The van der Waals surface area contributed by atoms with Gasteiger partial charge in [-0.05, 0) is 0 Å². The van der Waals surface area contributed by atoms with E-state index in [4.69, 9.17) is 0 Å². The number of rotatable bonds is 2. The zero-order valence-corrected chi connectivity index (χ0v) is 9.39. The van der Waals surface area contributed by atoms with Crippen molar-refractivity contribution in [2.75, 3.05) is 0 Å².